The van der Waals surface area contributed by atoms with E-state index < -0.39 is 43.6 Å². The van der Waals surface area contributed by atoms with E-state index in [4.69, 9.17) is 9.84 Å². The van der Waals surface area contributed by atoms with Gasteiger partial charge in [0, 0.05) is 0 Å². The quantitative estimate of drug-likeness (QED) is 0.322. The number of carboxylic acids is 1. The highest BCUT2D eigenvalue weighted by Crippen LogP contribution is 2.32. The molecule has 8 heteroatoms. The van der Waals surface area contributed by atoms with Gasteiger partial charge in [-0.25, -0.2) is 9.59 Å². The summed E-state index contributed by atoms with van der Waals surface area (Å²) < 4.78 is 4.01. The lowest BCUT2D eigenvalue weighted by Gasteiger charge is -2.15. The zero-order chi connectivity index (χ0) is 15.4. The fraction of sp³-hybridized carbons (Fsp3) is 0.333. The molecule has 108 valence electrons. The molecule has 0 saturated heterocycles. The van der Waals surface area contributed by atoms with Crippen LogP contribution in [0.5, 0.6) is 0 Å². The third-order valence-corrected chi connectivity index (χ3v) is 3.95. The Morgan fingerprint density at radius 1 is 1.10 bits per heavy atom. The maximum Gasteiger partial charge on any atom is 0.343 e. The number of carbonyl (C=O) groups excluding carboxylic acids is 3. The molecule has 0 aromatic rings. The van der Waals surface area contributed by atoms with Crippen molar-refractivity contribution in [3.8, 4) is 0 Å². The zero-order valence-electron chi connectivity index (χ0n) is 10.4. The molecule has 0 saturated carbocycles. The molecule has 0 fully saturated rings. The molecule has 0 aromatic carbocycles. The molecule has 0 bridgehead atoms. The van der Waals surface area contributed by atoms with Crippen LogP contribution in [0.4, 0.5) is 0 Å². The van der Waals surface area contributed by atoms with Crippen LogP contribution in [0.1, 0.15) is 19.8 Å². The minimum Gasteiger partial charge on any atom is -0.478 e. The van der Waals surface area contributed by atoms with Crippen molar-refractivity contribution in [1.29, 1.82) is 0 Å². The number of carboxylic acid groups (broad SMARTS) is 1. The lowest BCUT2D eigenvalue weighted by atomic mass is 9.97. The molecule has 1 rings (SSSR count). The monoisotopic (exact) mass is 408 g/mol. The summed E-state index contributed by atoms with van der Waals surface area (Å²) in [5.74, 6) is -4.35. The van der Waals surface area contributed by atoms with Gasteiger partial charge in [-0.15, -0.1) is 0 Å². The van der Waals surface area contributed by atoms with Crippen LogP contribution < -0.4 is 0 Å². The highest BCUT2D eigenvalue weighted by atomic mass is 79.9. The number of unbranched alkanes of at least 4 members (excludes halogenated alkanes) is 1. The minimum atomic E-state index is -1.55. The number of allylic oxidation sites excluding steroid dienone is 2. The third kappa shape index (κ3) is 3.24. The second-order valence-electron chi connectivity index (χ2n) is 3.83. The average molecular weight is 410 g/mol. The summed E-state index contributed by atoms with van der Waals surface area (Å²) in [7, 11) is 0. The number of ketones is 2. The van der Waals surface area contributed by atoms with Crippen molar-refractivity contribution in [3.05, 3.63) is 20.1 Å². The van der Waals surface area contributed by atoms with Gasteiger partial charge in [0.15, 0.2) is 0 Å². The van der Waals surface area contributed by atoms with Crippen LogP contribution in [0.2, 0.25) is 0 Å². The van der Waals surface area contributed by atoms with Gasteiger partial charge in [0.05, 0.1) is 15.6 Å². The van der Waals surface area contributed by atoms with E-state index >= 15 is 0 Å². The van der Waals surface area contributed by atoms with E-state index in [1.165, 1.54) is 0 Å². The second-order valence-corrected chi connectivity index (χ2v) is 5.42. The summed E-state index contributed by atoms with van der Waals surface area (Å²) in [6, 6.07) is 0. The van der Waals surface area contributed by atoms with Crippen molar-refractivity contribution in [1.82, 2.24) is 0 Å². The van der Waals surface area contributed by atoms with Crippen LogP contribution in [-0.2, 0) is 23.9 Å². The highest BCUT2D eigenvalue weighted by molar-refractivity contribution is 9.12. The molecule has 1 N–H and O–H groups in total. The van der Waals surface area contributed by atoms with E-state index in [0.717, 1.165) is 6.42 Å². The first-order chi connectivity index (χ1) is 9.32. The number of rotatable bonds is 5. The molecule has 0 unspecified atom stereocenters. The van der Waals surface area contributed by atoms with Gasteiger partial charge in [-0.05, 0) is 38.3 Å². The first kappa shape index (κ1) is 16.8. The molecule has 0 spiro atoms. The Morgan fingerprint density at radius 3 is 2.10 bits per heavy atom. The van der Waals surface area contributed by atoms with Crippen molar-refractivity contribution in [2.24, 2.45) is 0 Å². The van der Waals surface area contributed by atoms with Gasteiger partial charge >= 0.3 is 11.9 Å². The van der Waals surface area contributed by atoms with Gasteiger partial charge in [0.25, 0.3) is 0 Å². The van der Waals surface area contributed by atoms with Crippen molar-refractivity contribution in [2.45, 2.75) is 19.8 Å². The SMILES string of the molecule is CCCCOC(=O)C1=C(Br)C(=O)C(C(=O)O)=C(Br)C1=O. The second kappa shape index (κ2) is 6.94. The molecule has 0 aromatic heterocycles. The van der Waals surface area contributed by atoms with Gasteiger partial charge in [0.1, 0.15) is 11.1 Å². The number of esters is 1. The van der Waals surface area contributed by atoms with E-state index in [0.29, 0.717) is 6.42 Å². The number of hydrogen-bond donors (Lipinski definition) is 1. The number of Topliss-reactive ketones (excluding diaryl/α,β-unsaturated/α-hetero) is 2. The molecule has 20 heavy (non-hydrogen) atoms. The summed E-state index contributed by atoms with van der Waals surface area (Å²) >= 11 is 5.54. The van der Waals surface area contributed by atoms with Gasteiger partial charge < -0.3 is 9.84 Å². The van der Waals surface area contributed by atoms with Crippen molar-refractivity contribution in [3.63, 3.8) is 0 Å². The van der Waals surface area contributed by atoms with Crippen LogP contribution in [-0.4, -0.2) is 35.2 Å². The zero-order valence-corrected chi connectivity index (χ0v) is 13.5. The molecular formula is C12H10Br2O6. The van der Waals surface area contributed by atoms with E-state index in [2.05, 4.69) is 31.9 Å². The largest absolute Gasteiger partial charge is 0.478 e. The molecule has 0 atom stereocenters. The molecular weight excluding hydrogens is 400 g/mol. The predicted molar refractivity (Wildman–Crippen MR) is 75.4 cm³/mol. The van der Waals surface area contributed by atoms with Gasteiger partial charge in [-0.1, -0.05) is 13.3 Å². The van der Waals surface area contributed by atoms with Crippen molar-refractivity contribution >= 4 is 55.4 Å². The van der Waals surface area contributed by atoms with Gasteiger partial charge in [-0.3, -0.25) is 9.59 Å². The highest BCUT2D eigenvalue weighted by Gasteiger charge is 2.39. The first-order valence-corrected chi connectivity index (χ1v) is 7.20. The summed E-state index contributed by atoms with van der Waals surface area (Å²) in [5, 5.41) is 8.89. The Labute approximate surface area is 131 Å². The Morgan fingerprint density at radius 2 is 1.60 bits per heavy atom. The summed E-state index contributed by atoms with van der Waals surface area (Å²) in [5.41, 5.74) is -1.21. The first-order valence-electron chi connectivity index (χ1n) is 5.62. The van der Waals surface area contributed by atoms with E-state index in [1.54, 1.807) is 0 Å². The number of ether oxygens (including phenoxy) is 1. The van der Waals surface area contributed by atoms with Crippen LogP contribution in [0.25, 0.3) is 0 Å². The normalized spacial score (nSPS) is 15.8. The Kier molecular flexibility index (Phi) is 5.82. The maximum atomic E-state index is 12.0. The lowest BCUT2D eigenvalue weighted by Crippen LogP contribution is -2.28. The standard InChI is InChI=1S/C12H10Br2O6/c1-2-3-4-20-12(19)6-8(14)9(15)5(11(17)18)7(13)10(6)16/h2-4H2,1H3,(H,17,18). The molecule has 0 heterocycles. The smallest absolute Gasteiger partial charge is 0.343 e. The number of hydrogen-bond acceptors (Lipinski definition) is 5. The summed E-state index contributed by atoms with van der Waals surface area (Å²) in [6.07, 6.45) is 1.42. The molecule has 0 radical (unpaired) electrons. The fourth-order valence-corrected chi connectivity index (χ4v) is 2.49. The van der Waals surface area contributed by atoms with E-state index in [9.17, 15) is 19.2 Å². The Hall–Kier alpha value is -1.28. The number of carbonyl (C=O) groups is 4. The number of halogens is 2. The summed E-state index contributed by atoms with van der Waals surface area (Å²) in [4.78, 5) is 46.5. The van der Waals surface area contributed by atoms with Crippen LogP contribution in [0, 0.1) is 0 Å². The maximum absolute atomic E-state index is 12.0. The third-order valence-electron chi connectivity index (χ3n) is 2.44. The molecule has 1 aliphatic carbocycles. The Bertz CT molecular complexity index is 558. The van der Waals surface area contributed by atoms with Gasteiger partial charge in [0.2, 0.25) is 11.6 Å². The van der Waals surface area contributed by atoms with Crippen LogP contribution in [0.3, 0.4) is 0 Å². The van der Waals surface area contributed by atoms with E-state index in [1.807, 2.05) is 6.92 Å². The molecule has 1 aliphatic rings. The lowest BCUT2D eigenvalue weighted by molar-refractivity contribution is -0.141. The van der Waals surface area contributed by atoms with Crippen molar-refractivity contribution in [2.75, 3.05) is 6.61 Å². The van der Waals surface area contributed by atoms with Gasteiger partial charge in [-0.2, -0.15) is 0 Å². The van der Waals surface area contributed by atoms with Crippen LogP contribution >= 0.6 is 31.9 Å². The molecule has 6 nitrogen and oxygen atoms in total. The molecule has 0 aliphatic heterocycles. The average Bonchev–Trinajstić information content (AvgIpc) is 2.37. The fourth-order valence-electron chi connectivity index (χ4n) is 1.40. The minimum absolute atomic E-state index is 0.119. The van der Waals surface area contributed by atoms with Crippen molar-refractivity contribution < 1.29 is 29.0 Å². The van der Waals surface area contributed by atoms with E-state index in [-0.39, 0.29) is 6.61 Å². The Balaban J connectivity index is 3.11. The topological polar surface area (TPSA) is 97.7 Å². The predicted octanol–water partition coefficient (Wildman–Crippen LogP) is 1.86. The molecule has 0 amide bonds. The summed E-state index contributed by atoms with van der Waals surface area (Å²) in [6.45, 7) is 2.02. The number of aliphatic carboxylic acids is 1. The van der Waals surface area contributed by atoms with Crippen LogP contribution in [0.15, 0.2) is 20.1 Å².